The zero-order valence-electron chi connectivity index (χ0n) is 20.3. The van der Waals surface area contributed by atoms with Gasteiger partial charge in [0.2, 0.25) is 0 Å². The number of likely N-dealkylation sites (tertiary alicyclic amines) is 1. The van der Waals surface area contributed by atoms with Crippen LogP contribution in [0.3, 0.4) is 0 Å². The van der Waals surface area contributed by atoms with E-state index < -0.39 is 12.1 Å². The topological polar surface area (TPSA) is 62.7 Å². The van der Waals surface area contributed by atoms with Crippen LogP contribution in [0.1, 0.15) is 43.0 Å². The van der Waals surface area contributed by atoms with E-state index in [4.69, 9.17) is 4.74 Å². The summed E-state index contributed by atoms with van der Waals surface area (Å²) in [7, 11) is 1.57. The van der Waals surface area contributed by atoms with E-state index in [1.807, 2.05) is 6.07 Å². The van der Waals surface area contributed by atoms with Gasteiger partial charge in [-0.25, -0.2) is 8.78 Å². The summed E-state index contributed by atoms with van der Waals surface area (Å²) in [5, 5.41) is 10.2. The Morgan fingerprint density at radius 3 is 2.86 bits per heavy atom. The molecular weight excluding hydrogens is 462 g/mol. The molecular formula is C29H30F2N2O3. The van der Waals surface area contributed by atoms with Gasteiger partial charge in [-0.3, -0.25) is 14.7 Å². The number of carboxylic acid groups (broad SMARTS) is 1. The molecule has 0 spiro atoms. The van der Waals surface area contributed by atoms with E-state index in [-0.39, 0.29) is 24.1 Å². The molecule has 1 unspecified atom stereocenters. The van der Waals surface area contributed by atoms with Gasteiger partial charge in [-0.05, 0) is 79.6 Å². The average Bonchev–Trinajstić information content (AvgIpc) is 2.88. The number of aromatic nitrogens is 1. The monoisotopic (exact) mass is 492 g/mol. The lowest BCUT2D eigenvalue weighted by molar-refractivity contribution is -0.139. The summed E-state index contributed by atoms with van der Waals surface area (Å²) in [5.74, 6) is 5.33. The zero-order chi connectivity index (χ0) is 25.5. The fourth-order valence-corrected chi connectivity index (χ4v) is 5.01. The maximum absolute atomic E-state index is 15.4. The molecule has 7 heteroatoms. The number of pyridine rings is 1. The second kappa shape index (κ2) is 12.0. The van der Waals surface area contributed by atoms with Crippen molar-refractivity contribution >= 4 is 16.9 Å². The molecule has 1 aliphatic rings. The summed E-state index contributed by atoms with van der Waals surface area (Å²) in [5.41, 5.74) is 1.64. The Kier molecular flexibility index (Phi) is 8.50. The van der Waals surface area contributed by atoms with Gasteiger partial charge in [0.1, 0.15) is 17.7 Å². The van der Waals surface area contributed by atoms with Crippen LogP contribution >= 0.6 is 0 Å². The molecule has 2 heterocycles. The number of carboxylic acids is 1. The maximum Gasteiger partial charge on any atom is 0.303 e. The minimum absolute atomic E-state index is 0.0360. The van der Waals surface area contributed by atoms with E-state index >= 15 is 4.39 Å². The Morgan fingerprint density at radius 2 is 2.08 bits per heavy atom. The van der Waals surface area contributed by atoms with Crippen LogP contribution in [-0.2, 0) is 4.79 Å². The minimum Gasteiger partial charge on any atom is -0.497 e. The molecule has 3 aromatic rings. The number of alkyl halides is 1. The molecule has 1 saturated heterocycles. The van der Waals surface area contributed by atoms with Crippen LogP contribution in [0.25, 0.3) is 10.9 Å². The number of benzene rings is 2. The Morgan fingerprint density at radius 1 is 1.25 bits per heavy atom. The molecule has 4 rings (SSSR count). The quantitative estimate of drug-likeness (QED) is 0.413. The first-order valence-electron chi connectivity index (χ1n) is 12.2. The summed E-state index contributed by atoms with van der Waals surface area (Å²) in [4.78, 5) is 18.0. The molecule has 188 valence electrons. The second-order valence-electron chi connectivity index (χ2n) is 9.25. The SMILES string of the molecule is COc1ccc2nccc(C(F)CC[C@@H]3CCN(CC#Cc4ccccc4F)C[C@@H]3CC(=O)O)c2c1. The number of nitrogens with zero attached hydrogens (tertiary/aromatic N) is 2. The molecule has 1 N–H and O–H groups in total. The van der Waals surface area contributed by atoms with Crippen molar-refractivity contribution in [3.63, 3.8) is 0 Å². The second-order valence-corrected chi connectivity index (χ2v) is 9.25. The number of halogens is 2. The lowest BCUT2D eigenvalue weighted by Gasteiger charge is -2.37. The van der Waals surface area contributed by atoms with Crippen LogP contribution in [0, 0.1) is 29.5 Å². The van der Waals surface area contributed by atoms with E-state index in [0.717, 1.165) is 18.4 Å². The van der Waals surface area contributed by atoms with Gasteiger partial charge in [0, 0.05) is 24.5 Å². The average molecular weight is 493 g/mol. The minimum atomic E-state index is -1.18. The molecule has 0 radical (unpaired) electrons. The number of hydrogen-bond acceptors (Lipinski definition) is 4. The molecule has 0 saturated carbocycles. The molecule has 1 aromatic heterocycles. The first kappa shape index (κ1) is 25.6. The van der Waals surface area contributed by atoms with Crippen LogP contribution in [-0.4, -0.2) is 47.7 Å². The van der Waals surface area contributed by atoms with Gasteiger partial charge in [0.25, 0.3) is 0 Å². The number of piperidine rings is 1. The molecule has 2 aromatic carbocycles. The molecule has 1 aliphatic heterocycles. The highest BCUT2D eigenvalue weighted by Crippen LogP contribution is 2.36. The summed E-state index contributed by atoms with van der Waals surface area (Å²) in [6.45, 7) is 1.77. The van der Waals surface area contributed by atoms with Gasteiger partial charge >= 0.3 is 5.97 Å². The zero-order valence-corrected chi connectivity index (χ0v) is 20.3. The fourth-order valence-electron chi connectivity index (χ4n) is 5.01. The fraction of sp³-hybridized carbons (Fsp3) is 0.379. The van der Waals surface area contributed by atoms with Gasteiger partial charge in [-0.2, -0.15) is 0 Å². The summed E-state index contributed by atoms with van der Waals surface area (Å²) < 4.78 is 34.5. The Bertz CT molecular complexity index is 1270. The van der Waals surface area contributed by atoms with E-state index in [2.05, 4.69) is 21.7 Å². The van der Waals surface area contributed by atoms with E-state index in [1.165, 1.54) is 6.07 Å². The molecule has 5 nitrogen and oxygen atoms in total. The molecule has 0 amide bonds. The Hall–Kier alpha value is -3.50. The lowest BCUT2D eigenvalue weighted by Crippen LogP contribution is -2.41. The molecule has 3 atom stereocenters. The van der Waals surface area contributed by atoms with Gasteiger partial charge in [-0.15, -0.1) is 0 Å². The normalized spacial score (nSPS) is 18.9. The predicted octanol–water partition coefficient (Wildman–Crippen LogP) is 5.64. The third-order valence-corrected chi connectivity index (χ3v) is 6.92. The first-order valence-corrected chi connectivity index (χ1v) is 12.2. The van der Waals surface area contributed by atoms with Crippen molar-refractivity contribution in [3.05, 3.63) is 71.7 Å². The number of hydrogen-bond donors (Lipinski definition) is 1. The largest absolute Gasteiger partial charge is 0.497 e. The van der Waals surface area contributed by atoms with Crippen molar-refractivity contribution in [3.8, 4) is 17.6 Å². The molecule has 1 fully saturated rings. The molecule has 0 bridgehead atoms. The smallest absolute Gasteiger partial charge is 0.303 e. The summed E-state index contributed by atoms with van der Waals surface area (Å²) in [6.07, 6.45) is 2.15. The van der Waals surface area contributed by atoms with Crippen LogP contribution < -0.4 is 4.74 Å². The first-order chi connectivity index (χ1) is 17.4. The number of methoxy groups -OCH3 is 1. The van der Waals surface area contributed by atoms with E-state index in [1.54, 1.807) is 49.7 Å². The third kappa shape index (κ3) is 6.38. The van der Waals surface area contributed by atoms with Crippen LogP contribution in [0.2, 0.25) is 0 Å². The van der Waals surface area contributed by atoms with Gasteiger partial charge in [0.05, 0.1) is 24.7 Å². The number of aliphatic carboxylic acids is 1. The van der Waals surface area contributed by atoms with Crippen molar-refractivity contribution in [1.29, 1.82) is 0 Å². The highest BCUT2D eigenvalue weighted by Gasteiger charge is 2.31. The standard InChI is InChI=1S/C29H30F2N2O3/c1-36-23-9-11-28-25(18-23)24(12-14-32-28)27(31)10-8-20-13-16-33(19-22(20)17-29(34)35)15-4-6-21-5-2-3-7-26(21)30/h2-3,5,7,9,11-12,14,18,20,22,27H,8,10,13,15-17,19H2,1H3,(H,34,35)/t20-,22+,27?/m1/s1. The maximum atomic E-state index is 15.4. The van der Waals surface area contributed by atoms with Crippen LogP contribution in [0.4, 0.5) is 8.78 Å². The highest BCUT2D eigenvalue weighted by atomic mass is 19.1. The van der Waals surface area contributed by atoms with Crippen molar-refractivity contribution in [2.75, 3.05) is 26.7 Å². The van der Waals surface area contributed by atoms with Crippen molar-refractivity contribution in [1.82, 2.24) is 9.88 Å². The molecule has 0 aliphatic carbocycles. The number of ether oxygens (including phenoxy) is 1. The third-order valence-electron chi connectivity index (χ3n) is 6.92. The van der Waals surface area contributed by atoms with Gasteiger partial charge < -0.3 is 9.84 Å². The van der Waals surface area contributed by atoms with Gasteiger partial charge in [0.15, 0.2) is 0 Å². The Balaban J connectivity index is 1.39. The van der Waals surface area contributed by atoms with Crippen LogP contribution in [0.15, 0.2) is 54.7 Å². The van der Waals surface area contributed by atoms with Crippen molar-refractivity contribution < 1.29 is 23.4 Å². The molecule has 36 heavy (non-hydrogen) atoms. The van der Waals surface area contributed by atoms with E-state index in [0.29, 0.717) is 48.3 Å². The summed E-state index contributed by atoms with van der Waals surface area (Å²) in [6, 6.07) is 13.5. The van der Waals surface area contributed by atoms with E-state index in [9.17, 15) is 14.3 Å². The van der Waals surface area contributed by atoms with Crippen molar-refractivity contribution in [2.45, 2.75) is 31.9 Å². The Labute approximate surface area is 210 Å². The predicted molar refractivity (Wildman–Crippen MR) is 135 cm³/mol. The van der Waals surface area contributed by atoms with Crippen LogP contribution in [0.5, 0.6) is 5.75 Å². The number of rotatable bonds is 8. The van der Waals surface area contributed by atoms with Crippen molar-refractivity contribution in [2.24, 2.45) is 11.8 Å². The number of fused-ring (bicyclic) bond motifs is 1. The highest BCUT2D eigenvalue weighted by molar-refractivity contribution is 5.83. The number of carbonyl (C=O) groups is 1. The summed E-state index contributed by atoms with van der Waals surface area (Å²) >= 11 is 0. The van der Waals surface area contributed by atoms with Gasteiger partial charge in [-0.1, -0.05) is 24.0 Å². The lowest BCUT2D eigenvalue weighted by atomic mass is 9.79.